The molecule has 0 unspecified atom stereocenters. The highest BCUT2D eigenvalue weighted by molar-refractivity contribution is 14.1. The van der Waals surface area contributed by atoms with Crippen LogP contribution < -0.4 is 0 Å². The van der Waals surface area contributed by atoms with E-state index >= 15 is 0 Å². The molecule has 0 atom stereocenters. The van der Waals surface area contributed by atoms with Crippen LogP contribution in [0.2, 0.25) is 0 Å². The van der Waals surface area contributed by atoms with Crippen LogP contribution in [0, 0.1) is 13.7 Å². The molecule has 0 aliphatic rings. The van der Waals surface area contributed by atoms with Gasteiger partial charge in [-0.1, -0.05) is 0 Å². The van der Waals surface area contributed by atoms with Gasteiger partial charge in [-0.25, -0.2) is 8.78 Å². The number of rotatable bonds is 4. The van der Waals surface area contributed by atoms with Crippen LogP contribution in [0.1, 0.15) is 17.6 Å². The maximum atomic E-state index is 12.8. The minimum absolute atomic E-state index is 0.0466. The Morgan fingerprint density at radius 1 is 1.67 bits per heavy atom. The molecule has 0 N–H and O–H groups in total. The van der Waals surface area contributed by atoms with E-state index in [1.165, 1.54) is 22.6 Å². The molecule has 98 valence electrons. The highest BCUT2D eigenvalue weighted by Gasteiger charge is 2.29. The molecule has 0 saturated heterocycles. The number of aromatic nitrogens is 1. The summed E-state index contributed by atoms with van der Waals surface area (Å²) in [6, 6.07) is 0. The minimum Gasteiger partial charge on any atom is -0.469 e. The van der Waals surface area contributed by atoms with Crippen LogP contribution >= 0.6 is 22.6 Å². The highest BCUT2D eigenvalue weighted by atomic mass is 127. The zero-order valence-corrected chi connectivity index (χ0v) is 11.2. The molecular weight excluding hydrogens is 365 g/mol. The average molecular weight is 372 g/mol. The maximum absolute atomic E-state index is 12.8. The van der Waals surface area contributed by atoms with Crippen LogP contribution in [0.3, 0.4) is 0 Å². The standard InChI is InChI=1S/C9H7F2IN2O4/c1-18-5(15)2-4-3-13-9(14(16)17)6(7(4)12)8(10)11/h3,8H,2H2,1H3. The van der Waals surface area contributed by atoms with Gasteiger partial charge in [0.15, 0.2) is 0 Å². The van der Waals surface area contributed by atoms with E-state index < -0.39 is 28.7 Å². The first-order chi connectivity index (χ1) is 8.38. The van der Waals surface area contributed by atoms with Gasteiger partial charge in [-0.05, 0) is 32.5 Å². The van der Waals surface area contributed by atoms with Gasteiger partial charge in [0.25, 0.3) is 6.43 Å². The van der Waals surface area contributed by atoms with Crippen molar-refractivity contribution in [1.29, 1.82) is 0 Å². The molecule has 0 bridgehead atoms. The molecule has 18 heavy (non-hydrogen) atoms. The molecule has 0 aliphatic heterocycles. The summed E-state index contributed by atoms with van der Waals surface area (Å²) < 4.78 is 29.9. The van der Waals surface area contributed by atoms with Crippen LogP contribution in [0.25, 0.3) is 0 Å². The molecule has 0 amide bonds. The van der Waals surface area contributed by atoms with E-state index in [0.717, 1.165) is 13.3 Å². The number of nitro groups is 1. The Bertz CT molecular complexity index is 496. The van der Waals surface area contributed by atoms with Crippen molar-refractivity contribution >= 4 is 34.4 Å². The third kappa shape index (κ3) is 3.09. The SMILES string of the molecule is COC(=O)Cc1cnc([N+](=O)[O-])c(C(F)F)c1I. The smallest absolute Gasteiger partial charge is 0.373 e. The molecule has 0 fully saturated rings. The van der Waals surface area contributed by atoms with Gasteiger partial charge in [-0.3, -0.25) is 4.79 Å². The Morgan fingerprint density at radius 2 is 2.28 bits per heavy atom. The van der Waals surface area contributed by atoms with Crippen LogP contribution in [0.15, 0.2) is 6.20 Å². The zero-order valence-electron chi connectivity index (χ0n) is 9.02. The fourth-order valence-electron chi connectivity index (χ4n) is 1.23. The molecule has 0 aromatic carbocycles. The second-order valence-corrected chi connectivity index (χ2v) is 4.22. The van der Waals surface area contributed by atoms with E-state index in [0.29, 0.717) is 0 Å². The maximum Gasteiger partial charge on any atom is 0.373 e. The van der Waals surface area contributed by atoms with E-state index in [1.54, 1.807) is 0 Å². The number of hydrogen-bond acceptors (Lipinski definition) is 5. The minimum atomic E-state index is -3.04. The second kappa shape index (κ2) is 5.98. The molecule has 6 nitrogen and oxygen atoms in total. The Kier molecular flexibility index (Phi) is 4.87. The highest BCUT2D eigenvalue weighted by Crippen LogP contribution is 2.33. The number of alkyl halides is 2. The van der Waals surface area contributed by atoms with Gasteiger partial charge in [0, 0.05) is 9.13 Å². The predicted octanol–water partition coefficient (Wildman–Crippen LogP) is 2.25. The number of carbonyl (C=O) groups is 1. The van der Waals surface area contributed by atoms with Crippen LogP contribution in [-0.2, 0) is 16.0 Å². The lowest BCUT2D eigenvalue weighted by Crippen LogP contribution is -2.10. The molecular formula is C9H7F2IN2O4. The van der Waals surface area contributed by atoms with E-state index in [9.17, 15) is 23.7 Å². The summed E-state index contributed by atoms with van der Waals surface area (Å²) in [6.45, 7) is 0. The monoisotopic (exact) mass is 372 g/mol. The van der Waals surface area contributed by atoms with Crippen LogP contribution in [-0.4, -0.2) is 23.0 Å². The van der Waals surface area contributed by atoms with Crippen molar-refractivity contribution in [2.24, 2.45) is 0 Å². The first-order valence-electron chi connectivity index (χ1n) is 4.55. The van der Waals surface area contributed by atoms with E-state index in [4.69, 9.17) is 0 Å². The van der Waals surface area contributed by atoms with Crippen molar-refractivity contribution in [3.63, 3.8) is 0 Å². The van der Waals surface area contributed by atoms with Gasteiger partial charge in [0.2, 0.25) is 0 Å². The van der Waals surface area contributed by atoms with Crippen molar-refractivity contribution in [2.75, 3.05) is 7.11 Å². The fourth-order valence-corrected chi connectivity index (χ4v) is 2.03. The van der Waals surface area contributed by atoms with Gasteiger partial charge >= 0.3 is 11.8 Å². The summed E-state index contributed by atoms with van der Waals surface area (Å²) in [5.41, 5.74) is -0.606. The largest absolute Gasteiger partial charge is 0.469 e. The predicted molar refractivity (Wildman–Crippen MR) is 64.3 cm³/mol. The van der Waals surface area contributed by atoms with Gasteiger partial charge < -0.3 is 14.9 Å². The van der Waals surface area contributed by atoms with E-state index in [1.807, 2.05) is 0 Å². The Morgan fingerprint density at radius 3 is 2.72 bits per heavy atom. The lowest BCUT2D eigenvalue weighted by Gasteiger charge is -2.07. The number of esters is 1. The first-order valence-corrected chi connectivity index (χ1v) is 5.63. The van der Waals surface area contributed by atoms with Crippen molar-refractivity contribution in [3.8, 4) is 0 Å². The summed E-state index contributed by atoms with van der Waals surface area (Å²) in [6.07, 6.45) is -2.27. The first kappa shape index (κ1) is 14.7. The summed E-state index contributed by atoms with van der Waals surface area (Å²) >= 11 is 1.53. The Hall–Kier alpha value is -1.39. The molecule has 1 heterocycles. The molecule has 1 aromatic rings. The fraction of sp³-hybridized carbons (Fsp3) is 0.333. The number of halogens is 3. The second-order valence-electron chi connectivity index (χ2n) is 3.15. The van der Waals surface area contributed by atoms with Gasteiger partial charge in [0.05, 0.1) is 13.5 Å². The summed E-state index contributed by atoms with van der Waals surface area (Å²) in [7, 11) is 1.15. The van der Waals surface area contributed by atoms with Crippen LogP contribution in [0.5, 0.6) is 0 Å². The van der Waals surface area contributed by atoms with Gasteiger partial charge in [0.1, 0.15) is 11.8 Å². The summed E-state index contributed by atoms with van der Waals surface area (Å²) in [5, 5.41) is 10.6. The van der Waals surface area contributed by atoms with Crippen molar-refractivity contribution in [2.45, 2.75) is 12.8 Å². The number of carbonyl (C=O) groups excluding carboxylic acids is 1. The lowest BCUT2D eigenvalue weighted by molar-refractivity contribution is -0.391. The summed E-state index contributed by atoms with van der Waals surface area (Å²) in [5.74, 6) is -1.54. The number of nitrogens with zero attached hydrogens (tertiary/aromatic N) is 2. The quantitative estimate of drug-likeness (QED) is 0.351. The van der Waals surface area contributed by atoms with Gasteiger partial charge in [-0.2, -0.15) is 0 Å². The van der Waals surface area contributed by atoms with E-state index in [2.05, 4.69) is 9.72 Å². The van der Waals surface area contributed by atoms with Crippen LogP contribution in [0.4, 0.5) is 14.6 Å². The number of hydrogen-bond donors (Lipinski definition) is 0. The number of methoxy groups -OCH3 is 1. The molecule has 1 rings (SSSR count). The third-order valence-corrected chi connectivity index (χ3v) is 3.33. The molecule has 1 aromatic heterocycles. The van der Waals surface area contributed by atoms with Crippen molar-refractivity contribution in [3.05, 3.63) is 31.0 Å². The topological polar surface area (TPSA) is 82.3 Å². The molecule has 0 radical (unpaired) electrons. The molecule has 9 heteroatoms. The average Bonchev–Trinajstić information content (AvgIpc) is 2.30. The zero-order chi connectivity index (χ0) is 13.9. The number of pyridine rings is 1. The molecule has 0 spiro atoms. The normalized spacial score (nSPS) is 10.5. The number of ether oxygens (including phenoxy) is 1. The van der Waals surface area contributed by atoms with E-state index in [-0.39, 0.29) is 15.6 Å². The van der Waals surface area contributed by atoms with Gasteiger partial charge in [-0.15, -0.1) is 0 Å². The molecule has 0 saturated carbocycles. The summed E-state index contributed by atoms with van der Waals surface area (Å²) in [4.78, 5) is 24.0. The Balaban J connectivity index is 3.30. The van der Waals surface area contributed by atoms with Crippen molar-refractivity contribution < 1.29 is 23.2 Å². The molecule has 0 aliphatic carbocycles. The Labute approximate surface area is 114 Å². The lowest BCUT2D eigenvalue weighted by atomic mass is 10.1. The van der Waals surface area contributed by atoms with Crippen molar-refractivity contribution in [1.82, 2.24) is 4.98 Å². The third-order valence-electron chi connectivity index (χ3n) is 2.06.